The van der Waals surface area contributed by atoms with Gasteiger partial charge in [0.25, 0.3) is 15.9 Å². The lowest BCUT2D eigenvalue weighted by molar-refractivity contribution is -0.133. The number of carbonyl (C=O) groups is 2. The van der Waals surface area contributed by atoms with E-state index in [0.29, 0.717) is 18.8 Å². The number of amides is 1. The number of esters is 1. The van der Waals surface area contributed by atoms with Gasteiger partial charge in [0, 0.05) is 18.5 Å². The number of ether oxygens (including phenoxy) is 1. The van der Waals surface area contributed by atoms with Crippen molar-refractivity contribution in [2.45, 2.75) is 24.3 Å². The topological polar surface area (TPSA) is 84.0 Å². The minimum Gasteiger partial charge on any atom is -0.452 e. The molecule has 33 heavy (non-hydrogen) atoms. The number of sulfonamides is 1. The number of benzene rings is 2. The predicted octanol–water partition coefficient (Wildman–Crippen LogP) is 3.71. The molecule has 0 saturated carbocycles. The van der Waals surface area contributed by atoms with Crippen LogP contribution in [-0.2, 0) is 32.5 Å². The second-order valence-electron chi connectivity index (χ2n) is 7.74. The second kappa shape index (κ2) is 9.76. The number of likely N-dealkylation sites (N-methyl/N-ethyl adjacent to an activating group) is 1. The van der Waals surface area contributed by atoms with Gasteiger partial charge in [-0.05, 0) is 60.2 Å². The van der Waals surface area contributed by atoms with Crippen molar-refractivity contribution in [2.75, 3.05) is 24.5 Å². The van der Waals surface area contributed by atoms with Crippen LogP contribution in [0.15, 0.2) is 70.9 Å². The number of aryl methyl sites for hydroxylation is 1. The minimum atomic E-state index is -3.76. The Kier molecular flexibility index (Phi) is 6.80. The molecule has 0 saturated heterocycles. The zero-order valence-corrected chi connectivity index (χ0v) is 19.8. The molecule has 1 amide bonds. The van der Waals surface area contributed by atoms with Gasteiger partial charge < -0.3 is 9.64 Å². The molecule has 0 aliphatic carbocycles. The molecule has 0 radical (unpaired) electrons. The summed E-state index contributed by atoms with van der Waals surface area (Å²) in [5.74, 6) is -1.00. The predicted molar refractivity (Wildman–Crippen MR) is 127 cm³/mol. The van der Waals surface area contributed by atoms with Crippen molar-refractivity contribution in [3.63, 3.8) is 0 Å². The van der Waals surface area contributed by atoms with Gasteiger partial charge in [-0.25, -0.2) is 13.2 Å². The molecule has 1 aliphatic heterocycles. The van der Waals surface area contributed by atoms with Crippen LogP contribution in [0, 0.1) is 0 Å². The van der Waals surface area contributed by atoms with E-state index in [1.807, 2.05) is 41.8 Å². The number of rotatable bonds is 7. The van der Waals surface area contributed by atoms with Crippen LogP contribution in [0.4, 0.5) is 5.69 Å². The maximum atomic E-state index is 13.2. The third-order valence-electron chi connectivity index (χ3n) is 5.47. The fourth-order valence-corrected chi connectivity index (χ4v) is 5.98. The molecule has 0 unspecified atom stereocenters. The molecule has 9 heteroatoms. The van der Waals surface area contributed by atoms with Crippen LogP contribution in [0.5, 0.6) is 0 Å². The number of thiophene rings is 1. The Morgan fingerprint density at radius 1 is 1.06 bits per heavy atom. The van der Waals surface area contributed by atoms with Gasteiger partial charge in [-0.3, -0.25) is 9.10 Å². The Morgan fingerprint density at radius 2 is 1.82 bits per heavy atom. The van der Waals surface area contributed by atoms with Crippen LogP contribution in [-0.4, -0.2) is 45.4 Å². The van der Waals surface area contributed by atoms with Crippen molar-refractivity contribution in [3.8, 4) is 0 Å². The van der Waals surface area contributed by atoms with E-state index in [1.165, 1.54) is 33.5 Å². The van der Waals surface area contributed by atoms with Crippen molar-refractivity contribution >= 4 is 38.9 Å². The standard InChI is InChI=1S/C24H24N2O5S2/c1-25(16-20-8-5-15-32-20)23(27)17-31-24(28)19-10-12-21(13-11-19)33(29,30)26-14-4-7-18-6-2-3-9-22(18)26/h2-3,5-6,8-13,15H,4,7,14,16-17H2,1H3. The SMILES string of the molecule is CN(Cc1cccs1)C(=O)COC(=O)c1ccc(S(=O)(=O)N2CCCc3ccccc32)cc1. The van der Waals surface area contributed by atoms with E-state index >= 15 is 0 Å². The lowest BCUT2D eigenvalue weighted by Gasteiger charge is -2.30. The fourth-order valence-electron chi connectivity index (χ4n) is 3.68. The molecule has 1 aliphatic rings. The molecule has 0 bridgehead atoms. The van der Waals surface area contributed by atoms with Gasteiger partial charge in [0.05, 0.1) is 22.7 Å². The largest absolute Gasteiger partial charge is 0.452 e. The summed E-state index contributed by atoms with van der Waals surface area (Å²) in [7, 11) is -2.11. The number of fused-ring (bicyclic) bond motifs is 1. The molecule has 7 nitrogen and oxygen atoms in total. The average molecular weight is 485 g/mol. The molecule has 2 heterocycles. The number of nitrogens with zero attached hydrogens (tertiary/aromatic N) is 2. The van der Waals surface area contributed by atoms with Gasteiger partial charge in [0.2, 0.25) is 0 Å². The summed E-state index contributed by atoms with van der Waals surface area (Å²) in [5.41, 5.74) is 1.88. The first-order valence-corrected chi connectivity index (χ1v) is 12.8. The van der Waals surface area contributed by atoms with Crippen molar-refractivity contribution in [1.82, 2.24) is 4.90 Å². The molecule has 4 rings (SSSR count). The van der Waals surface area contributed by atoms with Crippen LogP contribution in [0.25, 0.3) is 0 Å². The first-order valence-electron chi connectivity index (χ1n) is 10.5. The van der Waals surface area contributed by atoms with Gasteiger partial charge in [0.1, 0.15) is 0 Å². The highest BCUT2D eigenvalue weighted by molar-refractivity contribution is 7.92. The van der Waals surface area contributed by atoms with E-state index in [9.17, 15) is 18.0 Å². The normalized spacial score (nSPS) is 13.3. The van der Waals surface area contributed by atoms with Crippen molar-refractivity contribution in [3.05, 3.63) is 82.0 Å². The molecule has 172 valence electrons. The highest BCUT2D eigenvalue weighted by Gasteiger charge is 2.29. The summed E-state index contributed by atoms with van der Waals surface area (Å²) in [6.07, 6.45) is 1.59. The van der Waals surface area contributed by atoms with E-state index in [2.05, 4.69) is 0 Å². The van der Waals surface area contributed by atoms with Crippen LogP contribution < -0.4 is 4.31 Å². The third-order valence-corrected chi connectivity index (χ3v) is 8.16. The van der Waals surface area contributed by atoms with Crippen molar-refractivity contribution < 1.29 is 22.7 Å². The Bertz CT molecular complexity index is 1240. The summed E-state index contributed by atoms with van der Waals surface area (Å²) in [5, 5.41) is 1.93. The zero-order chi connectivity index (χ0) is 23.4. The quantitative estimate of drug-likeness (QED) is 0.478. The summed E-state index contributed by atoms with van der Waals surface area (Å²) in [6.45, 7) is 0.468. The first-order chi connectivity index (χ1) is 15.9. The number of hydrogen-bond donors (Lipinski definition) is 0. The molecule has 0 spiro atoms. The molecular formula is C24H24N2O5S2. The van der Waals surface area contributed by atoms with E-state index in [1.54, 1.807) is 18.4 Å². The van der Waals surface area contributed by atoms with E-state index in [4.69, 9.17) is 4.74 Å². The molecule has 2 aromatic carbocycles. The van der Waals surface area contributed by atoms with Crippen LogP contribution in [0.1, 0.15) is 27.2 Å². The molecule has 0 fully saturated rings. The van der Waals surface area contributed by atoms with Crippen LogP contribution in [0.3, 0.4) is 0 Å². The minimum absolute atomic E-state index is 0.0995. The van der Waals surface area contributed by atoms with E-state index in [0.717, 1.165) is 23.3 Å². The van der Waals surface area contributed by atoms with E-state index < -0.39 is 16.0 Å². The van der Waals surface area contributed by atoms with Gasteiger partial charge in [-0.15, -0.1) is 11.3 Å². The monoisotopic (exact) mass is 484 g/mol. The zero-order valence-electron chi connectivity index (χ0n) is 18.1. The average Bonchev–Trinajstić information content (AvgIpc) is 3.35. The first kappa shape index (κ1) is 23.0. The highest BCUT2D eigenvalue weighted by atomic mass is 32.2. The van der Waals surface area contributed by atoms with Crippen molar-refractivity contribution in [2.24, 2.45) is 0 Å². The Hall–Kier alpha value is -3.17. The summed E-state index contributed by atoms with van der Waals surface area (Å²) in [4.78, 5) is 27.2. The lowest BCUT2D eigenvalue weighted by Crippen LogP contribution is -2.35. The lowest BCUT2D eigenvalue weighted by atomic mass is 10.0. The van der Waals surface area contributed by atoms with Crippen LogP contribution >= 0.6 is 11.3 Å². The number of carbonyl (C=O) groups excluding carboxylic acids is 2. The number of para-hydroxylation sites is 1. The summed E-state index contributed by atoms with van der Waals surface area (Å²) in [6, 6.07) is 16.9. The molecule has 0 N–H and O–H groups in total. The van der Waals surface area contributed by atoms with Gasteiger partial charge in [-0.1, -0.05) is 24.3 Å². The van der Waals surface area contributed by atoms with E-state index in [-0.39, 0.29) is 23.0 Å². The molecular weight excluding hydrogens is 460 g/mol. The van der Waals surface area contributed by atoms with Crippen molar-refractivity contribution in [1.29, 1.82) is 0 Å². The Balaban J connectivity index is 1.40. The molecule has 3 aromatic rings. The van der Waals surface area contributed by atoms with Crippen LogP contribution in [0.2, 0.25) is 0 Å². The second-order valence-corrected chi connectivity index (χ2v) is 10.6. The maximum Gasteiger partial charge on any atom is 0.338 e. The number of anilines is 1. The Morgan fingerprint density at radius 3 is 2.55 bits per heavy atom. The highest BCUT2D eigenvalue weighted by Crippen LogP contribution is 2.31. The van der Waals surface area contributed by atoms with Gasteiger partial charge in [-0.2, -0.15) is 0 Å². The smallest absolute Gasteiger partial charge is 0.338 e. The Labute approximate surface area is 197 Å². The summed E-state index contributed by atoms with van der Waals surface area (Å²) < 4.78 is 33.0. The molecule has 1 aromatic heterocycles. The fraction of sp³-hybridized carbons (Fsp3) is 0.250. The molecule has 0 atom stereocenters. The number of hydrogen-bond acceptors (Lipinski definition) is 6. The third kappa shape index (κ3) is 5.09. The van der Waals surface area contributed by atoms with Gasteiger partial charge >= 0.3 is 5.97 Å². The maximum absolute atomic E-state index is 13.2. The summed E-state index contributed by atoms with van der Waals surface area (Å²) >= 11 is 1.55. The van der Waals surface area contributed by atoms with Gasteiger partial charge in [0.15, 0.2) is 6.61 Å².